The van der Waals surface area contributed by atoms with E-state index < -0.39 is 6.10 Å². The Morgan fingerprint density at radius 3 is 2.15 bits per heavy atom. The minimum atomic E-state index is -0.425. The van der Waals surface area contributed by atoms with E-state index in [-0.39, 0.29) is 0 Å². The number of aliphatic hydroxyl groups excluding tert-OH is 1. The maximum Gasteiger partial charge on any atom is 0.0818 e. The standard InChI is InChI=1S/C17H24Cl2O/c1-17(2,3)13-7-4-11(5-8-13)16(20)12-6-9-14(18)15(19)10-12/h6,9-11,13,16,20H,4-5,7-8H2,1-3H3. The van der Waals surface area contributed by atoms with Gasteiger partial charge in [-0.05, 0) is 60.6 Å². The van der Waals surface area contributed by atoms with Gasteiger partial charge in [-0.1, -0.05) is 50.0 Å². The van der Waals surface area contributed by atoms with Crippen molar-refractivity contribution in [1.29, 1.82) is 0 Å². The van der Waals surface area contributed by atoms with Gasteiger partial charge in [0.25, 0.3) is 0 Å². The number of benzene rings is 1. The molecular weight excluding hydrogens is 291 g/mol. The number of aliphatic hydroxyl groups is 1. The van der Waals surface area contributed by atoms with E-state index in [4.69, 9.17) is 23.2 Å². The summed E-state index contributed by atoms with van der Waals surface area (Å²) in [5, 5.41) is 11.6. The molecule has 1 aliphatic carbocycles. The Kier molecular flexibility index (Phi) is 5.05. The molecule has 0 bridgehead atoms. The van der Waals surface area contributed by atoms with Crippen LogP contribution in [0.2, 0.25) is 10.0 Å². The first kappa shape index (κ1) is 16.1. The molecule has 112 valence electrons. The molecule has 1 fully saturated rings. The molecular formula is C17H24Cl2O. The third-order valence-electron chi connectivity index (χ3n) is 4.73. The normalized spacial score (nSPS) is 25.5. The molecule has 0 aliphatic heterocycles. The van der Waals surface area contributed by atoms with Crippen LogP contribution in [0.3, 0.4) is 0 Å². The zero-order chi connectivity index (χ0) is 14.9. The highest BCUT2D eigenvalue weighted by molar-refractivity contribution is 6.42. The summed E-state index contributed by atoms with van der Waals surface area (Å²) >= 11 is 12.0. The molecule has 20 heavy (non-hydrogen) atoms. The molecule has 0 radical (unpaired) electrons. The van der Waals surface area contributed by atoms with Gasteiger partial charge in [0.15, 0.2) is 0 Å². The molecule has 0 amide bonds. The predicted molar refractivity (Wildman–Crippen MR) is 86.3 cm³/mol. The molecule has 1 aromatic carbocycles. The van der Waals surface area contributed by atoms with Crippen molar-refractivity contribution in [2.75, 3.05) is 0 Å². The van der Waals surface area contributed by atoms with Gasteiger partial charge in [0.1, 0.15) is 0 Å². The van der Waals surface area contributed by atoms with Crippen LogP contribution in [0, 0.1) is 17.3 Å². The van der Waals surface area contributed by atoms with Gasteiger partial charge in [0.05, 0.1) is 16.1 Å². The molecule has 1 saturated carbocycles. The Morgan fingerprint density at radius 2 is 1.65 bits per heavy atom. The lowest BCUT2D eigenvalue weighted by Crippen LogP contribution is -2.28. The number of rotatable bonds is 2. The van der Waals surface area contributed by atoms with Gasteiger partial charge in [0, 0.05) is 0 Å². The summed E-state index contributed by atoms with van der Waals surface area (Å²) in [5.74, 6) is 1.10. The molecule has 1 N–H and O–H groups in total. The Balaban J connectivity index is 2.01. The molecule has 2 rings (SSSR count). The maximum atomic E-state index is 10.5. The van der Waals surface area contributed by atoms with Crippen LogP contribution in [-0.2, 0) is 0 Å². The summed E-state index contributed by atoms with van der Waals surface area (Å²) < 4.78 is 0. The van der Waals surface area contributed by atoms with Crippen LogP contribution in [-0.4, -0.2) is 5.11 Å². The second kappa shape index (κ2) is 6.25. The molecule has 0 aromatic heterocycles. The summed E-state index contributed by atoms with van der Waals surface area (Å²) in [6.45, 7) is 6.94. The van der Waals surface area contributed by atoms with Crippen molar-refractivity contribution in [2.24, 2.45) is 17.3 Å². The second-order valence-corrected chi connectivity index (χ2v) is 7.91. The molecule has 3 heteroatoms. The van der Waals surface area contributed by atoms with E-state index in [2.05, 4.69) is 20.8 Å². The van der Waals surface area contributed by atoms with Crippen LogP contribution < -0.4 is 0 Å². The van der Waals surface area contributed by atoms with E-state index in [9.17, 15) is 5.11 Å². The van der Waals surface area contributed by atoms with E-state index in [0.717, 1.165) is 24.3 Å². The van der Waals surface area contributed by atoms with Gasteiger partial charge in [0.2, 0.25) is 0 Å². The first-order chi connectivity index (χ1) is 9.29. The van der Waals surface area contributed by atoms with Crippen molar-refractivity contribution in [1.82, 2.24) is 0 Å². The average Bonchev–Trinajstić information content (AvgIpc) is 2.40. The minimum absolute atomic E-state index is 0.339. The molecule has 1 unspecified atom stereocenters. The summed E-state index contributed by atoms with van der Waals surface area (Å²) in [7, 11) is 0. The Morgan fingerprint density at radius 1 is 1.05 bits per heavy atom. The van der Waals surface area contributed by atoms with Crippen LogP contribution >= 0.6 is 23.2 Å². The van der Waals surface area contributed by atoms with Crippen LogP contribution in [0.15, 0.2) is 18.2 Å². The van der Waals surface area contributed by atoms with Gasteiger partial charge >= 0.3 is 0 Å². The first-order valence-corrected chi connectivity index (χ1v) is 8.17. The lowest BCUT2D eigenvalue weighted by Gasteiger charge is -2.38. The Hall–Kier alpha value is -0.240. The summed E-state index contributed by atoms with van der Waals surface area (Å²) in [6.07, 6.45) is 4.15. The quantitative estimate of drug-likeness (QED) is 0.722. The predicted octanol–water partition coefficient (Wildman–Crippen LogP) is 5.88. The highest BCUT2D eigenvalue weighted by atomic mass is 35.5. The van der Waals surface area contributed by atoms with Gasteiger partial charge in [-0.3, -0.25) is 0 Å². The largest absolute Gasteiger partial charge is 0.388 e. The zero-order valence-electron chi connectivity index (χ0n) is 12.5. The SMILES string of the molecule is CC(C)(C)C1CCC(C(O)c2ccc(Cl)c(Cl)c2)CC1. The second-order valence-electron chi connectivity index (χ2n) is 7.10. The van der Waals surface area contributed by atoms with Crippen LogP contribution in [0.4, 0.5) is 0 Å². The fourth-order valence-corrected chi connectivity index (χ4v) is 3.58. The molecule has 0 saturated heterocycles. The minimum Gasteiger partial charge on any atom is -0.388 e. The molecule has 1 nitrogen and oxygen atoms in total. The number of hydrogen-bond acceptors (Lipinski definition) is 1. The summed E-state index contributed by atoms with van der Waals surface area (Å²) in [6, 6.07) is 5.45. The fraction of sp³-hybridized carbons (Fsp3) is 0.647. The average molecular weight is 315 g/mol. The van der Waals surface area contributed by atoms with E-state index in [1.807, 2.05) is 6.07 Å². The fourth-order valence-electron chi connectivity index (χ4n) is 3.27. The van der Waals surface area contributed by atoms with Crippen LogP contribution in [0.5, 0.6) is 0 Å². The third-order valence-corrected chi connectivity index (χ3v) is 5.47. The summed E-state index contributed by atoms with van der Waals surface area (Å²) in [5.41, 5.74) is 1.26. The van der Waals surface area contributed by atoms with Crippen molar-refractivity contribution in [3.05, 3.63) is 33.8 Å². The smallest absolute Gasteiger partial charge is 0.0818 e. The van der Waals surface area contributed by atoms with Crippen molar-refractivity contribution in [3.63, 3.8) is 0 Å². The van der Waals surface area contributed by atoms with E-state index in [0.29, 0.717) is 21.4 Å². The van der Waals surface area contributed by atoms with Crippen molar-refractivity contribution in [3.8, 4) is 0 Å². The first-order valence-electron chi connectivity index (χ1n) is 7.42. The molecule has 1 aliphatic rings. The van der Waals surface area contributed by atoms with E-state index in [1.165, 1.54) is 12.8 Å². The Labute approximate surface area is 132 Å². The van der Waals surface area contributed by atoms with Gasteiger partial charge in [-0.25, -0.2) is 0 Å². The van der Waals surface area contributed by atoms with E-state index >= 15 is 0 Å². The van der Waals surface area contributed by atoms with E-state index in [1.54, 1.807) is 12.1 Å². The maximum absolute atomic E-state index is 10.5. The molecule has 0 spiro atoms. The van der Waals surface area contributed by atoms with Crippen LogP contribution in [0.25, 0.3) is 0 Å². The number of halogens is 2. The van der Waals surface area contributed by atoms with Crippen molar-refractivity contribution >= 4 is 23.2 Å². The topological polar surface area (TPSA) is 20.2 Å². The lowest BCUT2D eigenvalue weighted by atomic mass is 9.68. The zero-order valence-corrected chi connectivity index (χ0v) is 14.0. The van der Waals surface area contributed by atoms with Gasteiger partial charge in [-0.15, -0.1) is 0 Å². The summed E-state index contributed by atoms with van der Waals surface area (Å²) in [4.78, 5) is 0. The van der Waals surface area contributed by atoms with Gasteiger partial charge < -0.3 is 5.11 Å². The molecule has 1 atom stereocenters. The lowest BCUT2D eigenvalue weighted by molar-refractivity contribution is 0.0528. The highest BCUT2D eigenvalue weighted by Gasteiger charge is 2.32. The van der Waals surface area contributed by atoms with Crippen LogP contribution in [0.1, 0.15) is 58.1 Å². The third kappa shape index (κ3) is 3.69. The van der Waals surface area contributed by atoms with Crippen molar-refractivity contribution < 1.29 is 5.11 Å². The number of hydrogen-bond donors (Lipinski definition) is 1. The highest BCUT2D eigenvalue weighted by Crippen LogP contribution is 2.43. The Bertz CT molecular complexity index is 457. The molecule has 1 aromatic rings. The van der Waals surface area contributed by atoms with Crippen molar-refractivity contribution in [2.45, 2.75) is 52.6 Å². The monoisotopic (exact) mass is 314 g/mol. The van der Waals surface area contributed by atoms with Gasteiger partial charge in [-0.2, -0.15) is 0 Å². The molecule has 0 heterocycles.